The van der Waals surface area contributed by atoms with Crippen LogP contribution in [0, 0.1) is 0 Å². The maximum atomic E-state index is 10.4. The van der Waals surface area contributed by atoms with Crippen LogP contribution in [0.2, 0.25) is 0 Å². The molecule has 4 aliphatic rings. The number of hydrogen-bond donors (Lipinski definition) is 0. The Hall–Kier alpha value is -2.32. The largest absolute Gasteiger partial charge is 2.00 e. The minimum absolute atomic E-state index is 0. The van der Waals surface area contributed by atoms with Crippen molar-refractivity contribution in [1.82, 2.24) is 20.4 Å². The van der Waals surface area contributed by atoms with Crippen LogP contribution in [-0.2, 0) is 30.3 Å². The summed E-state index contributed by atoms with van der Waals surface area (Å²) in [6.07, 6.45) is 3.01. The average Bonchev–Trinajstić information content (AvgIpc) is 3.19. The smallest absolute Gasteiger partial charge is 0.850 e. The van der Waals surface area contributed by atoms with Gasteiger partial charge in [-0.2, -0.15) is 10.2 Å². The van der Waals surface area contributed by atoms with E-state index in [1.165, 1.54) is 12.5 Å². The normalized spacial score (nSPS) is 10.2. The molecule has 0 unspecified atom stereocenters. The van der Waals surface area contributed by atoms with Crippen LogP contribution in [-0.4, -0.2) is 20.4 Å². The minimum atomic E-state index is -0.385. The van der Waals surface area contributed by atoms with Gasteiger partial charge in [-0.15, -0.1) is 10.2 Å². The Labute approximate surface area is 141 Å². The predicted molar refractivity (Wildman–Crippen MR) is 69.2 cm³/mol. The summed E-state index contributed by atoms with van der Waals surface area (Å²) < 4.78 is 10.1. The Balaban J connectivity index is 0.000000160. The van der Waals surface area contributed by atoms with Gasteiger partial charge in [0.25, 0.3) is 0 Å². The average molecular weight is 362 g/mol. The van der Waals surface area contributed by atoms with Gasteiger partial charge in [0.05, 0.1) is 23.9 Å². The van der Waals surface area contributed by atoms with Gasteiger partial charge in [-0.1, -0.05) is 13.2 Å². The molecule has 0 bridgehead atoms. The monoisotopic (exact) mass is 361 g/mol. The zero-order valence-corrected chi connectivity index (χ0v) is 12.5. The van der Waals surface area contributed by atoms with E-state index in [1.807, 2.05) is 0 Å². The summed E-state index contributed by atoms with van der Waals surface area (Å²) in [5.41, 5.74) is 2.03. The van der Waals surface area contributed by atoms with E-state index >= 15 is 0 Å². The van der Waals surface area contributed by atoms with Gasteiger partial charge < -0.3 is 19.0 Å². The maximum Gasteiger partial charge on any atom is 2.00 e. The van der Waals surface area contributed by atoms with Gasteiger partial charge in [0.15, 0.2) is 11.5 Å². The van der Waals surface area contributed by atoms with Crippen molar-refractivity contribution in [2.24, 2.45) is 0 Å². The number of rotatable bonds is 2. The van der Waals surface area contributed by atoms with Crippen LogP contribution in [0.25, 0.3) is 22.9 Å². The zero-order valence-electron chi connectivity index (χ0n) is 11.6. The molecule has 9 heteroatoms. The van der Waals surface area contributed by atoms with E-state index in [0.717, 1.165) is 0 Å². The zero-order chi connectivity index (χ0) is 15.4. The van der Waals surface area contributed by atoms with Gasteiger partial charge >= 0.3 is 17.1 Å². The van der Waals surface area contributed by atoms with Gasteiger partial charge in [-0.05, 0) is 24.3 Å². The van der Waals surface area contributed by atoms with Crippen LogP contribution in [0.3, 0.4) is 0 Å². The second kappa shape index (κ2) is 7.80. The fourth-order valence-electron chi connectivity index (χ4n) is 1.84. The van der Waals surface area contributed by atoms with Crippen LogP contribution in [0.1, 0.15) is 11.4 Å². The van der Waals surface area contributed by atoms with Crippen molar-refractivity contribution in [3.8, 4) is 22.9 Å². The van der Waals surface area contributed by atoms with E-state index in [4.69, 9.17) is 8.83 Å². The Bertz CT molecular complexity index is 736. The molecule has 0 saturated carbocycles. The molecule has 0 N–H and O–H groups in total. The SMILES string of the molecule is [Cu+2].[O-]Cc1nnc2cccoc1-2.[O-]Cc1nnc2cccoc1-2. The molecule has 0 amide bonds. The van der Waals surface area contributed by atoms with Crippen molar-refractivity contribution in [2.75, 3.05) is 0 Å². The molecule has 0 saturated heterocycles. The molecule has 8 nitrogen and oxygen atoms in total. The molecule has 0 aromatic heterocycles. The van der Waals surface area contributed by atoms with Gasteiger partial charge in [-0.25, -0.2) is 0 Å². The van der Waals surface area contributed by atoms with Gasteiger partial charge in [0.2, 0.25) is 0 Å². The van der Waals surface area contributed by atoms with Crippen molar-refractivity contribution in [3.63, 3.8) is 0 Å². The van der Waals surface area contributed by atoms with E-state index in [-0.39, 0.29) is 30.3 Å². The Morgan fingerprint density at radius 3 is 1.57 bits per heavy atom. The first kappa shape index (κ1) is 17.0. The summed E-state index contributed by atoms with van der Waals surface area (Å²) in [7, 11) is 0. The van der Waals surface area contributed by atoms with Crippen molar-refractivity contribution in [1.29, 1.82) is 0 Å². The van der Waals surface area contributed by atoms with Crippen molar-refractivity contribution in [2.45, 2.75) is 13.2 Å². The Kier molecular flexibility index (Phi) is 5.78. The summed E-state index contributed by atoms with van der Waals surface area (Å²) in [4.78, 5) is 0. The van der Waals surface area contributed by atoms with Crippen molar-refractivity contribution >= 4 is 0 Å². The fraction of sp³-hybridized carbons (Fsp3) is 0.143. The topological polar surface area (TPSA) is 124 Å². The van der Waals surface area contributed by atoms with Crippen LogP contribution < -0.4 is 10.2 Å². The van der Waals surface area contributed by atoms with Crippen LogP contribution in [0.5, 0.6) is 0 Å². The number of aromatic nitrogens is 4. The molecule has 121 valence electrons. The van der Waals surface area contributed by atoms with Crippen molar-refractivity contribution in [3.05, 3.63) is 48.2 Å². The summed E-state index contributed by atoms with van der Waals surface area (Å²) >= 11 is 0. The summed E-state index contributed by atoms with van der Waals surface area (Å²) in [5.74, 6) is 1.00. The molecule has 0 spiro atoms. The molecule has 0 aromatic rings. The van der Waals surface area contributed by atoms with E-state index in [9.17, 15) is 10.2 Å². The molecular formula is C14H10CuN4O4. The minimum Gasteiger partial charge on any atom is -0.850 e. The van der Waals surface area contributed by atoms with Gasteiger partial charge in [-0.3, -0.25) is 0 Å². The number of nitrogens with zero attached hydrogens (tertiary/aromatic N) is 4. The van der Waals surface area contributed by atoms with E-state index < -0.39 is 0 Å². The first-order valence-corrected chi connectivity index (χ1v) is 6.37. The Morgan fingerprint density at radius 2 is 1.17 bits per heavy atom. The van der Waals surface area contributed by atoms with Gasteiger partial charge in [0, 0.05) is 0 Å². The van der Waals surface area contributed by atoms with E-state index in [2.05, 4.69) is 20.4 Å². The molecule has 4 rings (SSSR count). The third-order valence-corrected chi connectivity index (χ3v) is 2.86. The second-order valence-electron chi connectivity index (χ2n) is 4.24. The predicted octanol–water partition coefficient (Wildman–Crippen LogP) is 0.0669. The molecule has 0 aliphatic carbocycles. The molecule has 23 heavy (non-hydrogen) atoms. The van der Waals surface area contributed by atoms with Crippen molar-refractivity contribution < 1.29 is 36.1 Å². The van der Waals surface area contributed by atoms with E-state index in [0.29, 0.717) is 34.3 Å². The first-order valence-electron chi connectivity index (χ1n) is 6.37. The van der Waals surface area contributed by atoms with Crippen LogP contribution >= 0.6 is 0 Å². The Morgan fingerprint density at radius 1 is 0.739 bits per heavy atom. The second-order valence-corrected chi connectivity index (χ2v) is 4.24. The number of hydrogen-bond acceptors (Lipinski definition) is 8. The molecule has 0 atom stereocenters. The summed E-state index contributed by atoms with van der Waals surface area (Å²) in [6.45, 7) is -0.770. The molecule has 0 aromatic carbocycles. The third kappa shape index (κ3) is 3.54. The third-order valence-electron chi connectivity index (χ3n) is 2.86. The van der Waals surface area contributed by atoms with Gasteiger partial charge in [0.1, 0.15) is 11.4 Å². The summed E-state index contributed by atoms with van der Waals surface area (Å²) in [5, 5.41) is 35.7. The molecule has 0 fully saturated rings. The maximum absolute atomic E-state index is 10.4. The fourth-order valence-corrected chi connectivity index (χ4v) is 1.84. The summed E-state index contributed by atoms with van der Waals surface area (Å²) in [6, 6.07) is 6.94. The van der Waals surface area contributed by atoms with E-state index in [1.54, 1.807) is 24.3 Å². The molecule has 4 aliphatic heterocycles. The first-order chi connectivity index (χ1) is 10.8. The molecule has 1 radical (unpaired) electrons. The van der Waals surface area contributed by atoms with Crippen LogP contribution in [0.15, 0.2) is 45.6 Å². The quantitative estimate of drug-likeness (QED) is 0.459. The molecule has 4 heterocycles. The number of fused-ring (bicyclic) bond motifs is 2. The molecular weight excluding hydrogens is 352 g/mol. The van der Waals surface area contributed by atoms with Crippen LogP contribution in [0.4, 0.5) is 0 Å². The standard InChI is InChI=1S/2C7H5N2O2.Cu/c2*10-4-6-7-5(8-9-6)2-1-3-11-7;/h2*1-3H,4H2;/q2*-1;+2.